The summed E-state index contributed by atoms with van der Waals surface area (Å²) in [5, 5.41) is 11.3. The lowest BCUT2D eigenvalue weighted by molar-refractivity contribution is -0.132. The summed E-state index contributed by atoms with van der Waals surface area (Å²) in [4.78, 5) is 23.4. The molecular weight excluding hydrogens is 344 g/mol. The Kier molecular flexibility index (Phi) is 4.70. The summed E-state index contributed by atoms with van der Waals surface area (Å²) in [6.07, 6.45) is 4.49. The zero-order valence-corrected chi connectivity index (χ0v) is 15.5. The molecule has 0 aliphatic carbocycles. The number of aromatic nitrogens is 5. The van der Waals surface area contributed by atoms with Crippen molar-refractivity contribution >= 4 is 5.91 Å². The van der Waals surface area contributed by atoms with E-state index in [0.29, 0.717) is 36.8 Å². The van der Waals surface area contributed by atoms with Gasteiger partial charge in [0.25, 0.3) is 0 Å². The second kappa shape index (κ2) is 7.30. The summed E-state index contributed by atoms with van der Waals surface area (Å²) in [5.74, 6) is 1.02. The number of amides is 1. The normalized spacial score (nSPS) is 16.8. The molecule has 8 heteroatoms. The molecule has 0 spiro atoms. The Labute approximate surface area is 157 Å². The molecule has 8 nitrogen and oxygen atoms in total. The monoisotopic (exact) mass is 366 g/mol. The van der Waals surface area contributed by atoms with E-state index in [0.717, 1.165) is 29.8 Å². The van der Waals surface area contributed by atoms with Crippen molar-refractivity contribution in [3.05, 3.63) is 47.2 Å². The molecule has 1 fully saturated rings. The number of aryl methyl sites for hydroxylation is 2. The Balaban J connectivity index is 1.45. The number of carbonyl (C=O) groups is 1. The molecule has 27 heavy (non-hydrogen) atoms. The molecule has 1 aliphatic heterocycles. The largest absolute Gasteiger partial charge is 0.337 e. The first-order valence-electron chi connectivity index (χ1n) is 9.18. The van der Waals surface area contributed by atoms with Crippen LogP contribution in [0.5, 0.6) is 0 Å². The summed E-state index contributed by atoms with van der Waals surface area (Å²) < 4.78 is 5.46. The Bertz CT molecular complexity index is 933. The van der Waals surface area contributed by atoms with Gasteiger partial charge in [0.15, 0.2) is 0 Å². The van der Waals surface area contributed by atoms with Crippen LogP contribution in [0.4, 0.5) is 0 Å². The molecule has 3 aromatic rings. The Hall–Kier alpha value is -3.03. The van der Waals surface area contributed by atoms with E-state index in [2.05, 4.69) is 25.3 Å². The van der Waals surface area contributed by atoms with Crippen LogP contribution in [0, 0.1) is 13.8 Å². The van der Waals surface area contributed by atoms with Gasteiger partial charge >= 0.3 is 0 Å². The third kappa shape index (κ3) is 3.47. The molecule has 1 aliphatic rings. The van der Waals surface area contributed by atoms with Crippen LogP contribution >= 0.6 is 0 Å². The molecule has 4 rings (SSSR count). The second-order valence-electron chi connectivity index (χ2n) is 6.84. The minimum atomic E-state index is -0.163. The van der Waals surface area contributed by atoms with Crippen LogP contribution in [-0.4, -0.2) is 42.7 Å². The van der Waals surface area contributed by atoms with Gasteiger partial charge in [-0.25, -0.2) is 0 Å². The summed E-state index contributed by atoms with van der Waals surface area (Å²) in [6.45, 7) is 4.72. The highest BCUT2D eigenvalue weighted by Gasteiger charge is 2.34. The predicted molar refractivity (Wildman–Crippen MR) is 97.6 cm³/mol. The van der Waals surface area contributed by atoms with E-state index < -0.39 is 0 Å². The minimum absolute atomic E-state index is 0.0927. The van der Waals surface area contributed by atoms with Gasteiger partial charge in [-0.1, -0.05) is 11.2 Å². The van der Waals surface area contributed by atoms with Crippen LogP contribution in [0.25, 0.3) is 11.5 Å². The minimum Gasteiger partial charge on any atom is -0.337 e. The number of aromatic amines is 1. The Morgan fingerprint density at radius 3 is 3.00 bits per heavy atom. The number of hydrogen-bond acceptors (Lipinski definition) is 6. The third-order valence-electron chi connectivity index (χ3n) is 5.12. The van der Waals surface area contributed by atoms with Crippen molar-refractivity contribution in [3.63, 3.8) is 0 Å². The molecule has 3 aromatic heterocycles. The number of carbonyl (C=O) groups excluding carboxylic acids is 1. The lowest BCUT2D eigenvalue weighted by Crippen LogP contribution is -2.31. The summed E-state index contributed by atoms with van der Waals surface area (Å²) >= 11 is 0. The molecule has 0 saturated carbocycles. The van der Waals surface area contributed by atoms with Gasteiger partial charge < -0.3 is 9.42 Å². The quantitative estimate of drug-likeness (QED) is 0.745. The fourth-order valence-corrected chi connectivity index (χ4v) is 3.44. The van der Waals surface area contributed by atoms with Crippen molar-refractivity contribution < 1.29 is 9.32 Å². The lowest BCUT2D eigenvalue weighted by Gasteiger charge is -2.21. The fraction of sp³-hybridized carbons (Fsp3) is 0.421. The van der Waals surface area contributed by atoms with E-state index in [4.69, 9.17) is 4.52 Å². The number of rotatable bonds is 5. The zero-order valence-electron chi connectivity index (χ0n) is 15.5. The van der Waals surface area contributed by atoms with E-state index in [9.17, 15) is 4.79 Å². The highest BCUT2D eigenvalue weighted by Crippen LogP contribution is 2.32. The van der Waals surface area contributed by atoms with Crippen molar-refractivity contribution in [3.8, 4) is 11.5 Å². The molecule has 1 amide bonds. The summed E-state index contributed by atoms with van der Waals surface area (Å²) in [5.41, 5.74) is 3.78. The zero-order chi connectivity index (χ0) is 18.8. The van der Waals surface area contributed by atoms with Crippen molar-refractivity contribution in [2.45, 2.75) is 45.6 Å². The first-order chi connectivity index (χ1) is 13.1. The smallest absolute Gasteiger partial charge is 0.249 e. The number of nitrogens with zero attached hydrogens (tertiary/aromatic N) is 5. The summed E-state index contributed by atoms with van der Waals surface area (Å²) in [7, 11) is 0. The van der Waals surface area contributed by atoms with Crippen molar-refractivity contribution in [1.82, 2.24) is 30.2 Å². The van der Waals surface area contributed by atoms with Crippen LogP contribution in [0.2, 0.25) is 0 Å². The molecule has 140 valence electrons. The van der Waals surface area contributed by atoms with Gasteiger partial charge in [-0.2, -0.15) is 10.1 Å². The topological polar surface area (TPSA) is 101 Å². The predicted octanol–water partition coefficient (Wildman–Crippen LogP) is 2.77. The van der Waals surface area contributed by atoms with Crippen molar-refractivity contribution in [1.29, 1.82) is 0 Å². The Morgan fingerprint density at radius 2 is 2.26 bits per heavy atom. The maximum atomic E-state index is 12.8. The van der Waals surface area contributed by atoms with E-state index in [-0.39, 0.29) is 11.9 Å². The highest BCUT2D eigenvalue weighted by molar-refractivity contribution is 5.77. The van der Waals surface area contributed by atoms with E-state index in [1.54, 1.807) is 6.20 Å². The van der Waals surface area contributed by atoms with Gasteiger partial charge in [0.1, 0.15) is 11.7 Å². The molecule has 1 saturated heterocycles. The van der Waals surface area contributed by atoms with Crippen molar-refractivity contribution in [2.75, 3.05) is 6.54 Å². The van der Waals surface area contributed by atoms with E-state index >= 15 is 0 Å². The van der Waals surface area contributed by atoms with Crippen LogP contribution in [-0.2, 0) is 11.2 Å². The molecule has 0 aromatic carbocycles. The maximum absolute atomic E-state index is 12.8. The first kappa shape index (κ1) is 17.4. The average molecular weight is 366 g/mol. The maximum Gasteiger partial charge on any atom is 0.249 e. The second-order valence-corrected chi connectivity index (χ2v) is 6.84. The van der Waals surface area contributed by atoms with Crippen molar-refractivity contribution in [2.24, 2.45) is 0 Å². The molecule has 1 atom stereocenters. The van der Waals surface area contributed by atoms with Crippen LogP contribution in [0.15, 0.2) is 28.9 Å². The van der Waals surface area contributed by atoms with E-state index in [1.807, 2.05) is 36.9 Å². The van der Waals surface area contributed by atoms with Gasteiger partial charge in [0.05, 0.1) is 5.69 Å². The standard InChI is InChI=1S/C19H22N6O2/c1-12-13(2)22-23-14(12)8-9-17(26)25-11-5-7-16(25)19-21-18(24-27-19)15-6-3-4-10-20-15/h3-4,6,10,16H,5,7-9,11H2,1-2H3,(H,22,23)/t16-/m1/s1. The van der Waals surface area contributed by atoms with Gasteiger partial charge in [-0.05, 0) is 44.4 Å². The van der Waals surface area contributed by atoms with E-state index in [1.165, 1.54) is 0 Å². The molecule has 0 radical (unpaired) electrons. The average Bonchev–Trinajstić information content (AvgIpc) is 3.42. The number of likely N-dealkylation sites (tertiary alicyclic amines) is 1. The molecule has 0 bridgehead atoms. The molecular formula is C19H22N6O2. The summed E-state index contributed by atoms with van der Waals surface area (Å²) in [6, 6.07) is 5.39. The number of nitrogens with one attached hydrogen (secondary N) is 1. The van der Waals surface area contributed by atoms with Gasteiger partial charge in [-0.3, -0.25) is 14.9 Å². The third-order valence-corrected chi connectivity index (χ3v) is 5.12. The van der Waals surface area contributed by atoms with Crippen LogP contribution < -0.4 is 0 Å². The Morgan fingerprint density at radius 1 is 1.37 bits per heavy atom. The molecule has 1 N–H and O–H groups in total. The molecule has 4 heterocycles. The molecule has 0 unspecified atom stereocenters. The fourth-order valence-electron chi connectivity index (χ4n) is 3.44. The first-order valence-corrected chi connectivity index (χ1v) is 9.18. The van der Waals surface area contributed by atoms with Gasteiger partial charge in [0, 0.05) is 31.3 Å². The van der Waals surface area contributed by atoms with Gasteiger partial charge in [-0.15, -0.1) is 0 Å². The van der Waals surface area contributed by atoms with Crippen LogP contribution in [0.3, 0.4) is 0 Å². The highest BCUT2D eigenvalue weighted by atomic mass is 16.5. The lowest BCUT2D eigenvalue weighted by atomic mass is 10.1. The SMILES string of the molecule is Cc1[nH]nc(CCC(=O)N2CCC[C@@H]2c2nc(-c3ccccn3)no2)c1C. The van der Waals surface area contributed by atoms with Crippen LogP contribution in [0.1, 0.15) is 48.1 Å². The number of pyridine rings is 1. The number of H-pyrrole nitrogens is 1. The van der Waals surface area contributed by atoms with Gasteiger partial charge in [0.2, 0.25) is 17.6 Å². The number of hydrogen-bond donors (Lipinski definition) is 1.